The van der Waals surface area contributed by atoms with Gasteiger partial charge in [-0.15, -0.1) is 0 Å². The number of hydrogen-bond donors (Lipinski definition) is 1. The molecule has 0 unspecified atom stereocenters. The summed E-state index contributed by atoms with van der Waals surface area (Å²) in [5.74, 6) is -0.218. The van der Waals surface area contributed by atoms with E-state index in [1.807, 2.05) is 26.0 Å². The Bertz CT molecular complexity index is 663. The molecular formula is C15H12BrCl2NO. The van der Waals surface area contributed by atoms with Crippen molar-refractivity contribution in [2.75, 3.05) is 5.32 Å². The largest absolute Gasteiger partial charge is 0.322 e. The summed E-state index contributed by atoms with van der Waals surface area (Å²) in [4.78, 5) is 12.2. The molecule has 0 aliphatic heterocycles. The quantitative estimate of drug-likeness (QED) is 0.727. The van der Waals surface area contributed by atoms with Gasteiger partial charge < -0.3 is 5.32 Å². The lowest BCUT2D eigenvalue weighted by Gasteiger charge is -2.10. The zero-order chi connectivity index (χ0) is 14.9. The lowest BCUT2D eigenvalue weighted by atomic mass is 10.1. The van der Waals surface area contributed by atoms with E-state index < -0.39 is 0 Å². The molecule has 20 heavy (non-hydrogen) atoms. The monoisotopic (exact) mass is 371 g/mol. The van der Waals surface area contributed by atoms with Crippen molar-refractivity contribution in [1.82, 2.24) is 0 Å². The minimum absolute atomic E-state index is 0.218. The van der Waals surface area contributed by atoms with Gasteiger partial charge in [-0.2, -0.15) is 0 Å². The van der Waals surface area contributed by atoms with Crippen LogP contribution >= 0.6 is 39.1 Å². The van der Waals surface area contributed by atoms with E-state index in [1.165, 1.54) is 0 Å². The molecule has 2 aromatic carbocycles. The number of carbonyl (C=O) groups is 1. The Kier molecular flexibility index (Phi) is 4.74. The van der Waals surface area contributed by atoms with Crippen LogP contribution in [0.15, 0.2) is 34.8 Å². The molecule has 0 spiro atoms. The van der Waals surface area contributed by atoms with Crippen LogP contribution in [0.3, 0.4) is 0 Å². The highest BCUT2D eigenvalue weighted by Crippen LogP contribution is 2.26. The Hall–Kier alpha value is -1.03. The van der Waals surface area contributed by atoms with Crippen LogP contribution in [0, 0.1) is 13.8 Å². The predicted molar refractivity (Wildman–Crippen MR) is 88.0 cm³/mol. The van der Waals surface area contributed by atoms with Crippen molar-refractivity contribution in [3.63, 3.8) is 0 Å². The second kappa shape index (κ2) is 6.17. The third kappa shape index (κ3) is 3.35. The van der Waals surface area contributed by atoms with Crippen molar-refractivity contribution in [2.24, 2.45) is 0 Å². The van der Waals surface area contributed by atoms with E-state index in [4.69, 9.17) is 23.2 Å². The fourth-order valence-corrected chi connectivity index (χ4v) is 2.39. The molecule has 2 nitrogen and oxygen atoms in total. The molecule has 0 heterocycles. The van der Waals surface area contributed by atoms with Crippen LogP contribution < -0.4 is 5.32 Å². The third-order valence-electron chi connectivity index (χ3n) is 2.88. The Balaban J connectivity index is 2.25. The van der Waals surface area contributed by atoms with Crippen molar-refractivity contribution >= 4 is 50.7 Å². The molecule has 0 bridgehead atoms. The summed E-state index contributed by atoms with van der Waals surface area (Å²) in [5.41, 5.74) is 3.35. The van der Waals surface area contributed by atoms with Crippen LogP contribution in [0.2, 0.25) is 10.0 Å². The molecule has 2 aromatic rings. The molecule has 104 valence electrons. The van der Waals surface area contributed by atoms with Gasteiger partial charge in [-0.3, -0.25) is 4.79 Å². The van der Waals surface area contributed by atoms with Crippen LogP contribution in [0.4, 0.5) is 5.69 Å². The highest BCUT2D eigenvalue weighted by atomic mass is 79.9. The summed E-state index contributed by atoms with van der Waals surface area (Å²) in [5, 5.41) is 3.64. The van der Waals surface area contributed by atoms with E-state index in [9.17, 15) is 4.79 Å². The number of hydrogen-bond acceptors (Lipinski definition) is 1. The van der Waals surface area contributed by atoms with Gasteiger partial charge in [-0.05, 0) is 55.3 Å². The maximum absolute atomic E-state index is 12.2. The van der Waals surface area contributed by atoms with Crippen LogP contribution in [0.1, 0.15) is 21.5 Å². The fraction of sp³-hybridized carbons (Fsp3) is 0.133. The van der Waals surface area contributed by atoms with E-state index >= 15 is 0 Å². The molecule has 0 aromatic heterocycles. The van der Waals surface area contributed by atoms with Crippen LogP contribution in [0.5, 0.6) is 0 Å². The van der Waals surface area contributed by atoms with Crippen molar-refractivity contribution in [3.8, 4) is 0 Å². The second-order valence-electron chi connectivity index (χ2n) is 4.51. The van der Waals surface area contributed by atoms with Crippen molar-refractivity contribution < 1.29 is 4.79 Å². The highest BCUT2D eigenvalue weighted by Gasteiger charge is 2.10. The van der Waals surface area contributed by atoms with E-state index in [0.29, 0.717) is 15.6 Å². The molecule has 0 atom stereocenters. The normalized spacial score (nSPS) is 10.4. The minimum atomic E-state index is -0.218. The molecule has 5 heteroatoms. The Morgan fingerprint density at radius 2 is 1.65 bits per heavy atom. The molecule has 0 saturated carbocycles. The number of nitrogens with one attached hydrogen (secondary N) is 1. The van der Waals surface area contributed by atoms with Gasteiger partial charge in [0.2, 0.25) is 0 Å². The summed E-state index contributed by atoms with van der Waals surface area (Å²) in [6.45, 7) is 3.96. The van der Waals surface area contributed by atoms with Crippen LogP contribution in [-0.2, 0) is 0 Å². The summed E-state index contributed by atoms with van der Waals surface area (Å²) < 4.78 is 1.05. The topological polar surface area (TPSA) is 29.1 Å². The SMILES string of the molecule is Cc1cc(NC(=O)c2ccc(Cl)c(Cl)c2)cc(C)c1Br. The van der Waals surface area contributed by atoms with E-state index in [1.54, 1.807) is 18.2 Å². The third-order valence-corrected chi connectivity index (χ3v) is 4.87. The summed E-state index contributed by atoms with van der Waals surface area (Å²) in [7, 11) is 0. The molecule has 0 radical (unpaired) electrons. The number of anilines is 1. The first-order valence-electron chi connectivity index (χ1n) is 5.91. The molecule has 2 rings (SSSR count). The van der Waals surface area contributed by atoms with Crippen molar-refractivity contribution in [2.45, 2.75) is 13.8 Å². The fourth-order valence-electron chi connectivity index (χ4n) is 1.86. The number of rotatable bonds is 2. The first-order valence-corrected chi connectivity index (χ1v) is 7.46. The van der Waals surface area contributed by atoms with Crippen LogP contribution in [-0.4, -0.2) is 5.91 Å². The van der Waals surface area contributed by atoms with Gasteiger partial charge in [-0.1, -0.05) is 39.1 Å². The Labute approximate surface area is 136 Å². The van der Waals surface area contributed by atoms with E-state index in [2.05, 4.69) is 21.2 Å². The number of carbonyl (C=O) groups excluding carboxylic acids is 1. The first-order chi connectivity index (χ1) is 9.38. The Morgan fingerprint density at radius 1 is 1.05 bits per heavy atom. The second-order valence-corrected chi connectivity index (χ2v) is 6.11. The minimum Gasteiger partial charge on any atom is -0.322 e. The number of halogens is 3. The smallest absolute Gasteiger partial charge is 0.255 e. The molecule has 0 saturated heterocycles. The first kappa shape index (κ1) is 15.4. The van der Waals surface area contributed by atoms with Gasteiger partial charge in [0.1, 0.15) is 0 Å². The molecule has 0 aliphatic rings. The summed E-state index contributed by atoms with van der Waals surface area (Å²) >= 11 is 15.2. The number of benzene rings is 2. The maximum Gasteiger partial charge on any atom is 0.255 e. The van der Waals surface area contributed by atoms with Gasteiger partial charge in [0, 0.05) is 15.7 Å². The molecule has 1 N–H and O–H groups in total. The Morgan fingerprint density at radius 3 is 2.20 bits per heavy atom. The molecular weight excluding hydrogens is 361 g/mol. The van der Waals surface area contributed by atoms with Crippen molar-refractivity contribution in [1.29, 1.82) is 0 Å². The molecule has 0 aliphatic carbocycles. The van der Waals surface area contributed by atoms with Gasteiger partial charge >= 0.3 is 0 Å². The zero-order valence-electron chi connectivity index (χ0n) is 10.9. The maximum atomic E-state index is 12.2. The molecule has 0 fully saturated rings. The summed E-state index contributed by atoms with van der Waals surface area (Å²) in [6.07, 6.45) is 0. The van der Waals surface area contributed by atoms with Gasteiger partial charge in [-0.25, -0.2) is 0 Å². The lowest BCUT2D eigenvalue weighted by Crippen LogP contribution is -2.12. The standard InChI is InChI=1S/C15H12BrCl2NO/c1-8-5-11(6-9(2)14(8)16)19-15(20)10-3-4-12(17)13(18)7-10/h3-7H,1-2H3,(H,19,20). The van der Waals surface area contributed by atoms with E-state index in [0.717, 1.165) is 21.3 Å². The number of amides is 1. The predicted octanol–water partition coefficient (Wildman–Crippen LogP) is 5.63. The van der Waals surface area contributed by atoms with E-state index in [-0.39, 0.29) is 5.91 Å². The number of aryl methyl sites for hydroxylation is 2. The zero-order valence-corrected chi connectivity index (χ0v) is 14.0. The van der Waals surface area contributed by atoms with Crippen LogP contribution in [0.25, 0.3) is 0 Å². The molecule has 1 amide bonds. The van der Waals surface area contributed by atoms with Gasteiger partial charge in [0.25, 0.3) is 5.91 Å². The van der Waals surface area contributed by atoms with Gasteiger partial charge in [0.05, 0.1) is 10.0 Å². The van der Waals surface area contributed by atoms with Gasteiger partial charge in [0.15, 0.2) is 0 Å². The van der Waals surface area contributed by atoms with Crippen molar-refractivity contribution in [3.05, 3.63) is 61.5 Å². The lowest BCUT2D eigenvalue weighted by molar-refractivity contribution is 0.102. The summed E-state index contributed by atoms with van der Waals surface area (Å²) in [6, 6.07) is 8.62. The average molecular weight is 373 g/mol. The average Bonchev–Trinajstić information content (AvgIpc) is 2.39. The highest BCUT2D eigenvalue weighted by molar-refractivity contribution is 9.10.